The molecule has 0 unspecified atom stereocenters. The van der Waals surface area contributed by atoms with Gasteiger partial charge in [0.1, 0.15) is 0 Å². The van der Waals surface area contributed by atoms with Crippen LogP contribution in [0.5, 0.6) is 0 Å². The molecular weight excluding hydrogens is 333 g/mol. The Balaban J connectivity index is 3.44. The molecule has 0 atom stereocenters. The van der Waals surface area contributed by atoms with Crippen molar-refractivity contribution in [2.24, 2.45) is 0 Å². The highest BCUT2D eigenvalue weighted by molar-refractivity contribution is 14.1. The number of hydrogen-bond acceptors (Lipinski definition) is 2. The molecule has 2 nitrogen and oxygen atoms in total. The second-order valence-corrected chi connectivity index (χ2v) is 3.82. The molecule has 1 aromatic heterocycles. The Morgan fingerprint density at radius 3 is 2.36 bits per heavy atom. The van der Waals surface area contributed by atoms with Crippen molar-refractivity contribution in [3.8, 4) is 0 Å². The van der Waals surface area contributed by atoms with E-state index >= 15 is 0 Å². The molecule has 0 aromatic carbocycles. The predicted octanol–water partition coefficient (Wildman–Crippen LogP) is 3.08. The summed E-state index contributed by atoms with van der Waals surface area (Å²) < 4.78 is 37.1. The molecule has 0 amide bonds. The lowest BCUT2D eigenvalue weighted by atomic mass is 10.1. The van der Waals surface area contributed by atoms with Crippen LogP contribution in [-0.2, 0) is 6.18 Å². The van der Waals surface area contributed by atoms with Crippen LogP contribution in [0, 0.1) is 3.57 Å². The molecule has 7 heteroatoms. The summed E-state index contributed by atoms with van der Waals surface area (Å²) >= 11 is 6.62. The second kappa shape index (κ2) is 4.01. The predicted molar refractivity (Wildman–Crippen MR) is 52.1 cm³/mol. The summed E-state index contributed by atoms with van der Waals surface area (Å²) in [6.07, 6.45) is -2.89. The number of aromatic nitrogens is 1. The van der Waals surface area contributed by atoms with Gasteiger partial charge in [0.2, 0.25) is 0 Å². The van der Waals surface area contributed by atoms with Gasteiger partial charge >= 0.3 is 6.18 Å². The van der Waals surface area contributed by atoms with Gasteiger partial charge in [-0.3, -0.25) is 9.78 Å². The molecule has 0 aliphatic heterocycles. The number of pyridine rings is 1. The van der Waals surface area contributed by atoms with Crippen molar-refractivity contribution >= 4 is 39.4 Å². The highest BCUT2D eigenvalue weighted by atomic mass is 127. The van der Waals surface area contributed by atoms with Gasteiger partial charge in [0.05, 0.1) is 11.1 Å². The highest BCUT2D eigenvalue weighted by Crippen LogP contribution is 2.33. The van der Waals surface area contributed by atoms with E-state index in [1.165, 1.54) is 0 Å². The van der Waals surface area contributed by atoms with Gasteiger partial charge in [0.15, 0.2) is 0 Å². The molecule has 0 aliphatic rings. The van der Waals surface area contributed by atoms with E-state index in [2.05, 4.69) is 4.98 Å². The minimum Gasteiger partial charge on any atom is -0.276 e. The first-order chi connectivity index (χ1) is 6.34. The lowest BCUT2D eigenvalue weighted by Crippen LogP contribution is -2.13. The summed E-state index contributed by atoms with van der Waals surface area (Å²) in [6, 6.07) is 0. The Hall–Kier alpha value is -0.370. The Labute approximate surface area is 95.6 Å². The smallest absolute Gasteiger partial charge is 0.276 e. The van der Waals surface area contributed by atoms with E-state index in [1.54, 1.807) is 22.6 Å². The third-order valence-electron chi connectivity index (χ3n) is 1.40. The molecular formula is C7H2ClF3INO. The Kier molecular flexibility index (Phi) is 3.36. The molecule has 1 heterocycles. The average Bonchev–Trinajstić information content (AvgIpc) is 2.01. The maximum atomic E-state index is 12.3. The fraction of sp³-hybridized carbons (Fsp3) is 0.143. The molecule has 0 saturated heterocycles. The molecule has 0 spiro atoms. The van der Waals surface area contributed by atoms with Gasteiger partial charge < -0.3 is 0 Å². The molecule has 14 heavy (non-hydrogen) atoms. The van der Waals surface area contributed by atoms with E-state index in [-0.39, 0.29) is 3.57 Å². The number of carbonyl (C=O) groups excluding carboxylic acids is 1. The van der Waals surface area contributed by atoms with Crippen LogP contribution in [0.25, 0.3) is 0 Å². The third kappa shape index (κ3) is 2.35. The minimum absolute atomic E-state index is 0.0809. The van der Waals surface area contributed by atoms with Crippen molar-refractivity contribution in [3.05, 3.63) is 27.1 Å². The molecule has 0 bridgehead atoms. The van der Waals surface area contributed by atoms with Crippen LogP contribution in [-0.4, -0.2) is 10.2 Å². The van der Waals surface area contributed by atoms with Crippen LogP contribution in [0.15, 0.2) is 12.4 Å². The summed E-state index contributed by atoms with van der Waals surface area (Å²) in [5.41, 5.74) is -1.65. The van der Waals surface area contributed by atoms with Gasteiger partial charge in [-0.1, -0.05) is 0 Å². The van der Waals surface area contributed by atoms with Crippen molar-refractivity contribution in [2.45, 2.75) is 6.18 Å². The Morgan fingerprint density at radius 2 is 2.00 bits per heavy atom. The van der Waals surface area contributed by atoms with Crippen molar-refractivity contribution < 1.29 is 18.0 Å². The molecule has 0 fully saturated rings. The van der Waals surface area contributed by atoms with E-state index < -0.39 is 22.5 Å². The topological polar surface area (TPSA) is 30.0 Å². The molecule has 76 valence electrons. The molecule has 0 aliphatic carbocycles. The summed E-state index contributed by atoms with van der Waals surface area (Å²) in [5, 5.41) is -1.14. The zero-order valence-corrected chi connectivity index (χ0v) is 9.31. The summed E-state index contributed by atoms with van der Waals surface area (Å²) in [5.74, 6) is 0. The van der Waals surface area contributed by atoms with Crippen LogP contribution < -0.4 is 0 Å². The summed E-state index contributed by atoms with van der Waals surface area (Å²) in [7, 11) is 0. The quantitative estimate of drug-likeness (QED) is 0.583. The van der Waals surface area contributed by atoms with Gasteiger partial charge in [-0.25, -0.2) is 0 Å². The normalized spacial score (nSPS) is 11.5. The van der Waals surface area contributed by atoms with Gasteiger partial charge in [-0.05, 0) is 34.2 Å². The van der Waals surface area contributed by atoms with Crippen molar-refractivity contribution in [2.75, 3.05) is 0 Å². The SMILES string of the molecule is O=C(Cl)c1c(I)cncc1C(F)(F)F. The number of halogens is 5. The second-order valence-electron chi connectivity index (χ2n) is 2.32. The maximum absolute atomic E-state index is 12.3. The van der Waals surface area contributed by atoms with Gasteiger partial charge in [0, 0.05) is 16.0 Å². The first-order valence-electron chi connectivity index (χ1n) is 3.24. The zero-order valence-electron chi connectivity index (χ0n) is 6.40. The largest absolute Gasteiger partial charge is 0.418 e. The van der Waals surface area contributed by atoms with E-state index in [4.69, 9.17) is 11.6 Å². The van der Waals surface area contributed by atoms with E-state index in [9.17, 15) is 18.0 Å². The maximum Gasteiger partial charge on any atom is 0.418 e. The van der Waals surface area contributed by atoms with Crippen LogP contribution in [0.1, 0.15) is 15.9 Å². The molecule has 0 saturated carbocycles. The van der Waals surface area contributed by atoms with Crippen molar-refractivity contribution in [3.63, 3.8) is 0 Å². The van der Waals surface area contributed by atoms with Crippen molar-refractivity contribution in [1.29, 1.82) is 0 Å². The number of nitrogens with zero attached hydrogens (tertiary/aromatic N) is 1. The first-order valence-corrected chi connectivity index (χ1v) is 4.70. The van der Waals surface area contributed by atoms with Gasteiger partial charge in [-0.2, -0.15) is 13.2 Å². The van der Waals surface area contributed by atoms with E-state index in [0.717, 1.165) is 6.20 Å². The minimum atomic E-state index is -4.62. The Bertz CT molecular complexity index is 380. The third-order valence-corrected chi connectivity index (χ3v) is 2.41. The zero-order chi connectivity index (χ0) is 10.9. The molecule has 1 rings (SSSR count). The number of hydrogen-bond donors (Lipinski definition) is 0. The Morgan fingerprint density at radius 1 is 1.43 bits per heavy atom. The first kappa shape index (κ1) is 11.7. The molecule has 0 N–H and O–H groups in total. The number of rotatable bonds is 1. The lowest BCUT2D eigenvalue weighted by molar-refractivity contribution is -0.138. The summed E-state index contributed by atoms with van der Waals surface area (Å²) in [4.78, 5) is 14.1. The number of carbonyl (C=O) groups is 1. The van der Waals surface area contributed by atoms with Crippen LogP contribution >= 0.6 is 34.2 Å². The van der Waals surface area contributed by atoms with Crippen LogP contribution in [0.4, 0.5) is 13.2 Å². The number of alkyl halides is 3. The van der Waals surface area contributed by atoms with Crippen LogP contribution in [0.2, 0.25) is 0 Å². The highest BCUT2D eigenvalue weighted by Gasteiger charge is 2.36. The van der Waals surface area contributed by atoms with Gasteiger partial charge in [0.25, 0.3) is 5.24 Å². The monoisotopic (exact) mass is 335 g/mol. The molecule has 1 aromatic rings. The standard InChI is InChI=1S/C7H2ClF3INO/c8-6(14)5-3(7(9,10)11)1-13-2-4(5)12/h1-2H. The van der Waals surface area contributed by atoms with Gasteiger partial charge in [-0.15, -0.1) is 0 Å². The van der Waals surface area contributed by atoms with E-state index in [0.29, 0.717) is 6.20 Å². The van der Waals surface area contributed by atoms with E-state index in [1.807, 2.05) is 0 Å². The molecule has 0 radical (unpaired) electrons. The summed E-state index contributed by atoms with van der Waals surface area (Å²) in [6.45, 7) is 0. The fourth-order valence-corrected chi connectivity index (χ4v) is 1.91. The average molecular weight is 335 g/mol. The fourth-order valence-electron chi connectivity index (χ4n) is 0.850. The van der Waals surface area contributed by atoms with Crippen molar-refractivity contribution in [1.82, 2.24) is 4.98 Å². The lowest BCUT2D eigenvalue weighted by Gasteiger charge is -2.10. The van der Waals surface area contributed by atoms with Crippen LogP contribution in [0.3, 0.4) is 0 Å².